The largest absolute Gasteiger partial charge is 0.494 e. The van der Waals surface area contributed by atoms with Gasteiger partial charge >= 0.3 is 0 Å². The van der Waals surface area contributed by atoms with E-state index >= 15 is 0 Å². The van der Waals surface area contributed by atoms with Crippen LogP contribution in [0.15, 0.2) is 66.7 Å². The first-order valence-corrected chi connectivity index (χ1v) is 16.3. The number of benzene rings is 3. The van der Waals surface area contributed by atoms with Gasteiger partial charge in [0, 0.05) is 29.4 Å². The lowest BCUT2D eigenvalue weighted by Gasteiger charge is -2.34. The number of carbonyl (C=O) groups is 3. The zero-order valence-corrected chi connectivity index (χ0v) is 26.3. The second-order valence-electron chi connectivity index (χ2n) is 11.8. The average molecular weight is 665 g/mol. The number of hydrogen-bond acceptors (Lipinski definition) is 6. The Balaban J connectivity index is 1.28. The third kappa shape index (κ3) is 5.59. The lowest BCUT2D eigenvalue weighted by Crippen LogP contribution is -2.54. The summed E-state index contributed by atoms with van der Waals surface area (Å²) in [4.78, 5) is 43.7. The lowest BCUT2D eigenvalue weighted by molar-refractivity contribution is -0.139. The minimum absolute atomic E-state index is 0.123. The molecule has 0 aliphatic carbocycles. The molecule has 0 aromatic heterocycles. The first-order valence-electron chi connectivity index (χ1n) is 15.4. The monoisotopic (exact) mass is 663 g/mol. The summed E-state index contributed by atoms with van der Waals surface area (Å²) in [7, 11) is 0. The Morgan fingerprint density at radius 2 is 1.68 bits per heavy atom. The van der Waals surface area contributed by atoms with Gasteiger partial charge in [-0.2, -0.15) is 0 Å². The number of aliphatic hydroxyl groups excluding tert-OH is 1. The van der Waals surface area contributed by atoms with Crippen LogP contribution in [0.1, 0.15) is 39.0 Å². The second-order valence-corrected chi connectivity index (χ2v) is 13.0. The Hall–Kier alpha value is -3.47. The molecular weight excluding hydrogens is 626 g/mol. The van der Waals surface area contributed by atoms with Gasteiger partial charge in [-0.25, -0.2) is 0 Å². The number of amides is 3. The molecule has 6 rings (SSSR count). The summed E-state index contributed by atoms with van der Waals surface area (Å²) in [5.74, 6) is -1.69. The normalized spacial score (nSPS) is 27.0. The summed E-state index contributed by atoms with van der Waals surface area (Å²) in [5.41, 5.74) is 0.0952. The standard InChI is InChI=1S/C34H38BrN3O6/c1-2-43-25-15-13-23(14-16-25)36-31(40)27-28-33(42)38(17-7-3-4-8-18-39)30(34(28)20-26(35)29(27)44-34)32(41)37-24-12-11-21-9-5-6-10-22(21)19-24/h5-6,9-16,19,26-30,39H,2-4,7-8,17-18,20H2,1H3,(H,36,40)(H,37,41)/t26?,27-,28-,29-,30?,34?/m0/s1. The quantitative estimate of drug-likeness (QED) is 0.183. The zero-order valence-electron chi connectivity index (χ0n) is 24.7. The van der Waals surface area contributed by atoms with Crippen LogP contribution in [0.2, 0.25) is 0 Å². The van der Waals surface area contributed by atoms with Crippen LogP contribution in [0.4, 0.5) is 11.4 Å². The van der Waals surface area contributed by atoms with E-state index in [9.17, 15) is 19.5 Å². The maximum atomic E-state index is 14.2. The fourth-order valence-electron chi connectivity index (χ4n) is 7.22. The van der Waals surface area contributed by atoms with E-state index in [1.165, 1.54) is 0 Å². The molecular formula is C34H38BrN3O6. The van der Waals surface area contributed by atoms with E-state index in [4.69, 9.17) is 9.47 Å². The van der Waals surface area contributed by atoms with Crippen LogP contribution >= 0.6 is 15.9 Å². The molecule has 3 amide bonds. The van der Waals surface area contributed by atoms with Gasteiger partial charge in [0.05, 0.1) is 24.5 Å². The molecule has 6 atom stereocenters. The number of likely N-dealkylation sites (tertiary alicyclic amines) is 1. The van der Waals surface area contributed by atoms with Crippen LogP contribution in [-0.2, 0) is 19.1 Å². The topological polar surface area (TPSA) is 117 Å². The molecule has 232 valence electrons. The highest BCUT2D eigenvalue weighted by molar-refractivity contribution is 9.09. The predicted molar refractivity (Wildman–Crippen MR) is 172 cm³/mol. The van der Waals surface area contributed by atoms with Crippen molar-refractivity contribution in [1.82, 2.24) is 4.90 Å². The molecule has 3 heterocycles. The number of unbranched alkanes of at least 4 members (excludes halogenated alkanes) is 3. The molecule has 3 unspecified atom stereocenters. The van der Waals surface area contributed by atoms with E-state index in [1.54, 1.807) is 29.2 Å². The SMILES string of the molecule is CCOc1ccc(NC(=O)[C@H]2[C@H]3C(=O)N(CCCCCCO)C(C(=O)Nc4ccc5ccccc5c4)C34CC(Br)[C@@H]2O4)cc1. The third-order valence-electron chi connectivity index (χ3n) is 9.10. The number of nitrogens with zero attached hydrogens (tertiary/aromatic N) is 1. The summed E-state index contributed by atoms with van der Waals surface area (Å²) < 4.78 is 12.1. The molecule has 3 aromatic carbocycles. The number of alkyl halides is 1. The number of anilines is 2. The van der Waals surface area contributed by atoms with Gasteiger partial charge < -0.3 is 30.1 Å². The van der Waals surface area contributed by atoms with E-state index in [-0.39, 0.29) is 29.2 Å². The van der Waals surface area contributed by atoms with Crippen molar-refractivity contribution in [2.45, 2.75) is 61.6 Å². The van der Waals surface area contributed by atoms with Crippen LogP contribution in [0.3, 0.4) is 0 Å². The van der Waals surface area contributed by atoms with Gasteiger partial charge in [-0.15, -0.1) is 0 Å². The fraction of sp³-hybridized carbons (Fsp3) is 0.441. The Morgan fingerprint density at radius 1 is 0.977 bits per heavy atom. The van der Waals surface area contributed by atoms with Gasteiger partial charge in [0.2, 0.25) is 17.7 Å². The van der Waals surface area contributed by atoms with Crippen LogP contribution in [0.25, 0.3) is 10.8 Å². The summed E-state index contributed by atoms with van der Waals surface area (Å²) >= 11 is 3.73. The van der Waals surface area contributed by atoms with Crippen molar-refractivity contribution in [3.05, 3.63) is 66.7 Å². The first-order chi connectivity index (χ1) is 21.4. The van der Waals surface area contributed by atoms with E-state index in [0.29, 0.717) is 49.5 Å². The Bertz CT molecular complexity index is 1530. The molecule has 1 spiro atoms. The number of ether oxygens (including phenoxy) is 2. The highest BCUT2D eigenvalue weighted by atomic mass is 79.9. The molecule has 2 bridgehead atoms. The number of fused-ring (bicyclic) bond motifs is 2. The van der Waals surface area contributed by atoms with Gasteiger partial charge in [0.1, 0.15) is 17.4 Å². The van der Waals surface area contributed by atoms with Crippen LogP contribution in [0, 0.1) is 11.8 Å². The highest BCUT2D eigenvalue weighted by Gasteiger charge is 2.76. The van der Waals surface area contributed by atoms with Crippen molar-refractivity contribution < 1.29 is 29.0 Å². The molecule has 3 N–H and O–H groups in total. The molecule has 9 nitrogen and oxygen atoms in total. The second kappa shape index (κ2) is 12.9. The third-order valence-corrected chi connectivity index (χ3v) is 9.94. The fourth-order valence-corrected chi connectivity index (χ4v) is 8.16. The highest BCUT2D eigenvalue weighted by Crippen LogP contribution is 2.60. The molecule has 3 aliphatic heterocycles. The number of rotatable bonds is 12. The molecule has 3 saturated heterocycles. The Morgan fingerprint density at radius 3 is 2.43 bits per heavy atom. The van der Waals surface area contributed by atoms with Gasteiger partial charge in [-0.3, -0.25) is 14.4 Å². The zero-order chi connectivity index (χ0) is 30.8. The lowest BCUT2D eigenvalue weighted by atomic mass is 9.70. The summed E-state index contributed by atoms with van der Waals surface area (Å²) in [6.07, 6.45) is 2.91. The number of carbonyl (C=O) groups excluding carboxylic acids is 3. The van der Waals surface area contributed by atoms with E-state index in [1.807, 2.05) is 49.4 Å². The van der Waals surface area contributed by atoms with E-state index in [0.717, 1.165) is 23.6 Å². The van der Waals surface area contributed by atoms with Crippen molar-refractivity contribution in [1.29, 1.82) is 0 Å². The van der Waals surface area contributed by atoms with Crippen molar-refractivity contribution in [2.24, 2.45) is 11.8 Å². The maximum absolute atomic E-state index is 14.2. The molecule has 3 aliphatic rings. The van der Waals surface area contributed by atoms with Crippen LogP contribution in [0.5, 0.6) is 5.75 Å². The van der Waals surface area contributed by atoms with Crippen molar-refractivity contribution >= 4 is 55.8 Å². The summed E-state index contributed by atoms with van der Waals surface area (Å²) in [6.45, 7) is 2.94. The molecule has 44 heavy (non-hydrogen) atoms. The van der Waals surface area contributed by atoms with Gasteiger partial charge in [-0.1, -0.05) is 59.1 Å². The number of aliphatic hydroxyl groups is 1. The number of nitrogens with one attached hydrogen (secondary N) is 2. The van der Waals surface area contributed by atoms with Crippen molar-refractivity contribution in [2.75, 3.05) is 30.4 Å². The number of hydrogen-bond donors (Lipinski definition) is 3. The minimum Gasteiger partial charge on any atom is -0.494 e. The van der Waals surface area contributed by atoms with Gasteiger partial charge in [0.15, 0.2) is 0 Å². The average Bonchev–Trinajstić information content (AvgIpc) is 3.61. The molecule has 10 heteroatoms. The summed E-state index contributed by atoms with van der Waals surface area (Å²) in [6, 6.07) is 19.9. The van der Waals surface area contributed by atoms with Crippen LogP contribution in [-0.4, -0.2) is 70.1 Å². The van der Waals surface area contributed by atoms with Crippen LogP contribution < -0.4 is 15.4 Å². The van der Waals surface area contributed by atoms with Crippen molar-refractivity contribution in [3.8, 4) is 5.75 Å². The smallest absolute Gasteiger partial charge is 0.250 e. The molecule has 3 aromatic rings. The van der Waals surface area contributed by atoms with E-state index in [2.05, 4.69) is 26.6 Å². The van der Waals surface area contributed by atoms with Gasteiger partial charge in [-0.05, 0) is 73.4 Å². The summed E-state index contributed by atoms with van der Waals surface area (Å²) in [5, 5.41) is 17.3. The maximum Gasteiger partial charge on any atom is 0.250 e. The number of halogens is 1. The molecule has 0 radical (unpaired) electrons. The molecule has 3 fully saturated rings. The van der Waals surface area contributed by atoms with Crippen molar-refractivity contribution in [3.63, 3.8) is 0 Å². The van der Waals surface area contributed by atoms with Gasteiger partial charge in [0.25, 0.3) is 0 Å². The van der Waals surface area contributed by atoms with E-state index < -0.39 is 29.6 Å². The Labute approximate surface area is 265 Å². The molecule has 0 saturated carbocycles. The predicted octanol–water partition coefficient (Wildman–Crippen LogP) is 5.12. The Kier molecular flexibility index (Phi) is 8.94. The first kappa shape index (κ1) is 30.6. The minimum atomic E-state index is -1.14.